The number of carbonyl (C=O) groups excluding carboxylic acids is 1. The molecule has 140 valence electrons. The Kier molecular flexibility index (Phi) is 5.96. The maximum absolute atomic E-state index is 12.4. The first kappa shape index (κ1) is 19.2. The van der Waals surface area contributed by atoms with Gasteiger partial charge in [-0.1, -0.05) is 59.3 Å². The van der Waals surface area contributed by atoms with Crippen molar-refractivity contribution in [2.75, 3.05) is 0 Å². The molecule has 0 aliphatic rings. The quantitative estimate of drug-likeness (QED) is 0.651. The molecule has 0 saturated heterocycles. The number of hydrogen-bond donors (Lipinski definition) is 1. The first-order valence-electron chi connectivity index (χ1n) is 8.89. The van der Waals surface area contributed by atoms with Gasteiger partial charge in [0.1, 0.15) is 0 Å². The number of nitrogens with one attached hydrogen (secondary N) is 1. The van der Waals surface area contributed by atoms with E-state index >= 15 is 0 Å². The first-order chi connectivity index (χ1) is 12.9. The van der Waals surface area contributed by atoms with Crippen LogP contribution in [-0.4, -0.2) is 20.7 Å². The van der Waals surface area contributed by atoms with Crippen molar-refractivity contribution >= 4 is 17.7 Å². The number of carbonyl (C=O) groups is 1. The Labute approximate surface area is 164 Å². The molecule has 1 aromatic heterocycles. The highest BCUT2D eigenvalue weighted by Gasteiger charge is 2.18. The Hall–Kier alpha value is -2.60. The smallest absolute Gasteiger partial charge is 0.251 e. The van der Waals surface area contributed by atoms with Gasteiger partial charge in [0.2, 0.25) is 0 Å². The second-order valence-electron chi connectivity index (χ2n) is 6.74. The molecule has 0 radical (unpaired) electrons. The lowest BCUT2D eigenvalue weighted by molar-refractivity contribution is 0.0937. The van der Waals surface area contributed by atoms with Crippen LogP contribution >= 0.6 is 11.8 Å². The molecule has 1 amide bonds. The van der Waals surface area contributed by atoms with Gasteiger partial charge in [-0.3, -0.25) is 4.79 Å². The van der Waals surface area contributed by atoms with Crippen LogP contribution in [0.15, 0.2) is 53.7 Å². The van der Waals surface area contributed by atoms with Crippen LogP contribution in [0.5, 0.6) is 0 Å². The minimum Gasteiger partial charge on any atom is -0.342 e. The highest BCUT2D eigenvalue weighted by molar-refractivity contribution is 7.98. The van der Waals surface area contributed by atoms with Crippen molar-refractivity contribution < 1.29 is 4.79 Å². The fraction of sp³-hybridized carbons (Fsp3) is 0.286. The molecule has 3 rings (SSSR count). The summed E-state index contributed by atoms with van der Waals surface area (Å²) in [5, 5.41) is 12.4. The van der Waals surface area contributed by atoms with Gasteiger partial charge in [0.15, 0.2) is 11.0 Å². The minimum absolute atomic E-state index is 0.112. The van der Waals surface area contributed by atoms with Gasteiger partial charge in [0.25, 0.3) is 5.91 Å². The number of aromatic nitrogens is 3. The molecule has 0 aliphatic carbocycles. The predicted octanol–water partition coefficient (Wildman–Crippen LogP) is 4.22. The van der Waals surface area contributed by atoms with Gasteiger partial charge in [0.05, 0.1) is 6.04 Å². The lowest BCUT2D eigenvalue weighted by Crippen LogP contribution is -2.28. The number of amides is 1. The number of hydrogen-bond acceptors (Lipinski definition) is 4. The second-order valence-corrected chi connectivity index (χ2v) is 7.68. The summed E-state index contributed by atoms with van der Waals surface area (Å²) in [6, 6.07) is 15.8. The predicted molar refractivity (Wildman–Crippen MR) is 109 cm³/mol. The molecule has 1 atom stereocenters. The molecule has 0 saturated carbocycles. The van der Waals surface area contributed by atoms with Crippen molar-refractivity contribution in [3.8, 4) is 0 Å². The monoisotopic (exact) mass is 380 g/mol. The summed E-state index contributed by atoms with van der Waals surface area (Å²) in [5.74, 6) is 1.46. The molecule has 0 spiro atoms. The lowest BCUT2D eigenvalue weighted by Gasteiger charge is -2.13. The second kappa shape index (κ2) is 8.39. The van der Waals surface area contributed by atoms with Crippen molar-refractivity contribution in [3.05, 3.63) is 76.6 Å². The molecule has 0 bridgehead atoms. The molecule has 0 aliphatic heterocycles. The van der Waals surface area contributed by atoms with Gasteiger partial charge < -0.3 is 9.88 Å². The van der Waals surface area contributed by atoms with E-state index in [0.29, 0.717) is 5.56 Å². The number of nitrogens with zero attached hydrogens (tertiary/aromatic N) is 3. The molecule has 5 nitrogen and oxygen atoms in total. The van der Waals surface area contributed by atoms with Crippen LogP contribution < -0.4 is 5.32 Å². The molecular weight excluding hydrogens is 356 g/mol. The third kappa shape index (κ3) is 4.77. The van der Waals surface area contributed by atoms with E-state index in [1.54, 1.807) is 11.8 Å². The molecule has 1 unspecified atom stereocenters. The largest absolute Gasteiger partial charge is 0.342 e. The van der Waals surface area contributed by atoms with Crippen LogP contribution in [0.2, 0.25) is 0 Å². The fourth-order valence-corrected chi connectivity index (χ4v) is 3.58. The summed E-state index contributed by atoms with van der Waals surface area (Å²) < 4.78 is 1.94. The van der Waals surface area contributed by atoms with E-state index in [2.05, 4.69) is 46.7 Å². The maximum atomic E-state index is 12.4. The zero-order valence-corrected chi connectivity index (χ0v) is 16.9. The van der Waals surface area contributed by atoms with Crippen molar-refractivity contribution in [2.24, 2.45) is 7.05 Å². The molecular formula is C21H24N4OS. The topological polar surface area (TPSA) is 59.8 Å². The third-order valence-electron chi connectivity index (χ3n) is 4.41. The van der Waals surface area contributed by atoms with Crippen LogP contribution in [0.3, 0.4) is 0 Å². The van der Waals surface area contributed by atoms with Crippen LogP contribution in [0.4, 0.5) is 0 Å². The Morgan fingerprint density at radius 2 is 1.63 bits per heavy atom. The lowest BCUT2D eigenvalue weighted by atomic mass is 10.1. The fourth-order valence-electron chi connectivity index (χ4n) is 2.71. The van der Waals surface area contributed by atoms with Crippen LogP contribution in [0, 0.1) is 13.8 Å². The highest BCUT2D eigenvalue weighted by atomic mass is 32.2. The summed E-state index contributed by atoms with van der Waals surface area (Å²) in [6.07, 6.45) is 0. The molecule has 1 N–H and O–H groups in total. The number of aryl methyl sites for hydroxylation is 2. The number of rotatable bonds is 6. The Morgan fingerprint density at radius 3 is 2.26 bits per heavy atom. The van der Waals surface area contributed by atoms with Crippen molar-refractivity contribution in [1.82, 2.24) is 20.1 Å². The van der Waals surface area contributed by atoms with E-state index in [0.717, 1.165) is 22.3 Å². The molecule has 1 heterocycles. The SMILES string of the molecule is Cc1ccc(CSc2nnc(C(C)NC(=O)c3ccc(C)cc3)n2C)cc1. The maximum Gasteiger partial charge on any atom is 0.251 e. The van der Waals surface area contributed by atoms with E-state index in [9.17, 15) is 4.79 Å². The summed E-state index contributed by atoms with van der Waals surface area (Å²) in [4.78, 5) is 12.4. The van der Waals surface area contributed by atoms with Gasteiger partial charge in [-0.25, -0.2) is 0 Å². The Morgan fingerprint density at radius 1 is 1.04 bits per heavy atom. The Bertz CT molecular complexity index is 916. The van der Waals surface area contributed by atoms with E-state index in [1.165, 1.54) is 11.1 Å². The van der Waals surface area contributed by atoms with Crippen molar-refractivity contribution in [3.63, 3.8) is 0 Å². The molecule has 0 fully saturated rings. The normalized spacial score (nSPS) is 12.0. The minimum atomic E-state index is -0.231. The average Bonchev–Trinajstić information content (AvgIpc) is 3.02. The van der Waals surface area contributed by atoms with Crippen LogP contribution in [0.25, 0.3) is 0 Å². The first-order valence-corrected chi connectivity index (χ1v) is 9.88. The average molecular weight is 381 g/mol. The van der Waals surface area contributed by atoms with Crippen molar-refractivity contribution in [2.45, 2.75) is 37.7 Å². The standard InChI is InChI=1S/C21H24N4OS/c1-14-5-9-17(10-6-14)13-27-21-24-23-19(25(21)4)16(3)22-20(26)18-11-7-15(2)8-12-18/h5-12,16H,13H2,1-4H3,(H,22,26). The summed E-state index contributed by atoms with van der Waals surface area (Å²) in [7, 11) is 1.93. The van der Waals surface area contributed by atoms with Gasteiger partial charge in [-0.05, 0) is 38.5 Å². The van der Waals surface area contributed by atoms with E-state index < -0.39 is 0 Å². The van der Waals surface area contributed by atoms with E-state index in [1.807, 2.05) is 49.7 Å². The zero-order chi connectivity index (χ0) is 19.4. The van der Waals surface area contributed by atoms with Gasteiger partial charge in [-0.2, -0.15) is 0 Å². The third-order valence-corrected chi connectivity index (χ3v) is 5.50. The number of thioether (sulfide) groups is 1. The Balaban J connectivity index is 1.64. The molecule has 3 aromatic rings. The molecule has 2 aromatic carbocycles. The number of benzene rings is 2. The van der Waals surface area contributed by atoms with Crippen molar-refractivity contribution in [1.29, 1.82) is 0 Å². The molecule has 6 heteroatoms. The van der Waals surface area contributed by atoms with Crippen LogP contribution in [0.1, 0.15) is 45.8 Å². The van der Waals surface area contributed by atoms with E-state index in [4.69, 9.17) is 0 Å². The van der Waals surface area contributed by atoms with E-state index in [-0.39, 0.29) is 11.9 Å². The zero-order valence-electron chi connectivity index (χ0n) is 16.1. The summed E-state index contributed by atoms with van der Waals surface area (Å²) >= 11 is 1.64. The highest BCUT2D eigenvalue weighted by Crippen LogP contribution is 2.23. The molecule has 27 heavy (non-hydrogen) atoms. The summed E-state index contributed by atoms with van der Waals surface area (Å²) in [5.41, 5.74) is 4.27. The van der Waals surface area contributed by atoms with Gasteiger partial charge >= 0.3 is 0 Å². The van der Waals surface area contributed by atoms with Gasteiger partial charge in [0, 0.05) is 18.4 Å². The van der Waals surface area contributed by atoms with Gasteiger partial charge in [-0.15, -0.1) is 10.2 Å². The summed E-state index contributed by atoms with van der Waals surface area (Å²) in [6.45, 7) is 6.00. The van der Waals surface area contributed by atoms with Crippen LogP contribution in [-0.2, 0) is 12.8 Å².